The molecule has 0 spiro atoms. The van der Waals surface area contributed by atoms with E-state index in [-0.39, 0.29) is 6.42 Å². The molecule has 1 aromatic rings. The Morgan fingerprint density at radius 1 is 1.44 bits per heavy atom. The lowest BCUT2D eigenvalue weighted by Crippen LogP contribution is -2.16. The molecule has 1 heterocycles. The molecule has 0 saturated heterocycles. The van der Waals surface area contributed by atoms with Gasteiger partial charge in [-0.25, -0.2) is 0 Å². The first kappa shape index (κ1) is 11.1. The molecular weight excluding hydrogens is 230 g/mol. The average molecular weight is 240 g/mol. The predicted molar refractivity (Wildman–Crippen MR) is 57.6 cm³/mol. The molecule has 0 aliphatic carbocycles. The summed E-state index contributed by atoms with van der Waals surface area (Å²) in [4.78, 5) is 0. The van der Waals surface area contributed by atoms with Crippen LogP contribution in [-0.2, 0) is 0 Å². The molecule has 0 aromatic heterocycles. The Labute approximate surface area is 98.0 Å². The summed E-state index contributed by atoms with van der Waals surface area (Å²) >= 11 is 5.99. The van der Waals surface area contributed by atoms with Gasteiger partial charge in [0.1, 0.15) is 13.2 Å². The maximum atomic E-state index is 9.67. The zero-order valence-corrected chi connectivity index (χ0v) is 9.20. The predicted octanol–water partition coefficient (Wildman–Crippen LogP) is 2.06. The molecule has 1 aliphatic rings. The van der Waals surface area contributed by atoms with Crippen LogP contribution >= 0.6 is 11.6 Å². The molecule has 0 radical (unpaired) electrons. The van der Waals surface area contributed by atoms with Gasteiger partial charge in [-0.2, -0.15) is 5.26 Å². The second kappa shape index (κ2) is 4.60. The molecule has 0 bridgehead atoms. The maximum absolute atomic E-state index is 9.67. The number of nitrogens with zero attached hydrogens (tertiary/aromatic N) is 1. The number of hydrogen-bond acceptors (Lipinski definition) is 4. The van der Waals surface area contributed by atoms with Crippen LogP contribution in [0.4, 0.5) is 0 Å². The van der Waals surface area contributed by atoms with Crippen LogP contribution in [0.3, 0.4) is 0 Å². The van der Waals surface area contributed by atoms with Crippen LogP contribution in [0.5, 0.6) is 11.5 Å². The third-order valence-corrected chi connectivity index (χ3v) is 2.57. The van der Waals surface area contributed by atoms with Crippen molar-refractivity contribution in [3.05, 3.63) is 22.7 Å². The van der Waals surface area contributed by atoms with Gasteiger partial charge in [0.2, 0.25) is 0 Å². The van der Waals surface area contributed by atoms with E-state index in [1.807, 2.05) is 6.07 Å². The Morgan fingerprint density at radius 2 is 2.19 bits per heavy atom. The fraction of sp³-hybridized carbons (Fsp3) is 0.364. The molecule has 1 N–H and O–H groups in total. The molecule has 0 saturated carbocycles. The summed E-state index contributed by atoms with van der Waals surface area (Å²) in [5.41, 5.74) is 0.566. The van der Waals surface area contributed by atoms with Gasteiger partial charge in [-0.05, 0) is 17.7 Å². The molecule has 1 atom stereocenters. The molecule has 5 heteroatoms. The molecule has 1 aromatic carbocycles. The number of ether oxygens (including phenoxy) is 2. The second-order valence-electron chi connectivity index (χ2n) is 3.40. The van der Waals surface area contributed by atoms with E-state index in [1.54, 1.807) is 12.1 Å². The SMILES string of the molecule is N#CCC(O)c1cc(Cl)c2c(c1)OCCO2. The highest BCUT2D eigenvalue weighted by Crippen LogP contribution is 2.39. The van der Waals surface area contributed by atoms with Gasteiger partial charge in [0.15, 0.2) is 11.5 Å². The van der Waals surface area contributed by atoms with Crippen molar-refractivity contribution in [2.24, 2.45) is 0 Å². The standard InChI is InChI=1S/C11H10ClNO3/c12-8-5-7(9(14)1-2-13)6-10-11(8)16-4-3-15-10/h5-6,9,14H,1,3-4H2. The van der Waals surface area contributed by atoms with Crippen LogP contribution in [-0.4, -0.2) is 18.3 Å². The van der Waals surface area contributed by atoms with Crippen molar-refractivity contribution in [3.8, 4) is 17.6 Å². The summed E-state index contributed by atoms with van der Waals surface area (Å²) < 4.78 is 10.7. The smallest absolute Gasteiger partial charge is 0.179 e. The lowest BCUT2D eigenvalue weighted by atomic mass is 10.1. The van der Waals surface area contributed by atoms with E-state index in [1.165, 1.54) is 0 Å². The van der Waals surface area contributed by atoms with E-state index in [9.17, 15) is 5.11 Å². The Balaban J connectivity index is 2.36. The van der Waals surface area contributed by atoms with E-state index >= 15 is 0 Å². The molecule has 1 unspecified atom stereocenters. The van der Waals surface area contributed by atoms with Crippen molar-refractivity contribution in [1.29, 1.82) is 5.26 Å². The molecule has 0 fully saturated rings. The summed E-state index contributed by atoms with van der Waals surface area (Å²) in [5.74, 6) is 1.02. The molecule has 1 aliphatic heterocycles. The number of nitriles is 1. The van der Waals surface area contributed by atoms with E-state index in [4.69, 9.17) is 26.3 Å². The first-order chi connectivity index (χ1) is 7.72. The first-order valence-electron chi connectivity index (χ1n) is 4.86. The van der Waals surface area contributed by atoms with Gasteiger partial charge < -0.3 is 14.6 Å². The van der Waals surface area contributed by atoms with Gasteiger partial charge in [-0.1, -0.05) is 11.6 Å². The maximum Gasteiger partial charge on any atom is 0.179 e. The van der Waals surface area contributed by atoms with E-state index in [0.717, 1.165) is 0 Å². The zero-order chi connectivity index (χ0) is 11.5. The Kier molecular flexibility index (Phi) is 3.18. The van der Waals surface area contributed by atoms with E-state index < -0.39 is 6.10 Å². The molecule has 16 heavy (non-hydrogen) atoms. The largest absolute Gasteiger partial charge is 0.486 e. The van der Waals surface area contributed by atoms with Crippen molar-refractivity contribution in [3.63, 3.8) is 0 Å². The molecule has 4 nitrogen and oxygen atoms in total. The lowest BCUT2D eigenvalue weighted by Gasteiger charge is -2.21. The van der Waals surface area contributed by atoms with Gasteiger partial charge in [0.25, 0.3) is 0 Å². The third-order valence-electron chi connectivity index (χ3n) is 2.29. The van der Waals surface area contributed by atoms with Crippen LogP contribution < -0.4 is 9.47 Å². The minimum Gasteiger partial charge on any atom is -0.486 e. The highest BCUT2D eigenvalue weighted by Gasteiger charge is 2.19. The van der Waals surface area contributed by atoms with Crippen molar-refractivity contribution >= 4 is 11.6 Å². The number of hydrogen-bond donors (Lipinski definition) is 1. The Morgan fingerprint density at radius 3 is 2.94 bits per heavy atom. The summed E-state index contributed by atoms with van der Waals surface area (Å²) in [6.07, 6.45) is -0.825. The molecule has 0 amide bonds. The van der Waals surface area contributed by atoms with Crippen LogP contribution in [0.2, 0.25) is 5.02 Å². The minimum atomic E-state index is -0.849. The number of rotatable bonds is 2. The summed E-state index contributed by atoms with van der Waals surface area (Å²) in [6, 6.07) is 5.15. The highest BCUT2D eigenvalue weighted by atomic mass is 35.5. The van der Waals surface area contributed by atoms with E-state index in [0.29, 0.717) is 35.3 Å². The number of aliphatic hydroxyl groups excluding tert-OH is 1. The van der Waals surface area contributed by atoms with E-state index in [2.05, 4.69) is 0 Å². The van der Waals surface area contributed by atoms with Crippen LogP contribution in [0.15, 0.2) is 12.1 Å². The fourth-order valence-corrected chi connectivity index (χ4v) is 1.80. The van der Waals surface area contributed by atoms with Crippen molar-refractivity contribution in [2.45, 2.75) is 12.5 Å². The summed E-state index contributed by atoms with van der Waals surface area (Å²) in [5, 5.41) is 18.6. The quantitative estimate of drug-likeness (QED) is 0.858. The van der Waals surface area contributed by atoms with Crippen LogP contribution in [0.1, 0.15) is 18.1 Å². The number of benzene rings is 1. The van der Waals surface area contributed by atoms with Gasteiger partial charge in [0, 0.05) is 0 Å². The van der Waals surface area contributed by atoms with Gasteiger partial charge in [-0.15, -0.1) is 0 Å². The summed E-state index contributed by atoms with van der Waals surface area (Å²) in [6.45, 7) is 0.925. The molecule has 84 valence electrons. The normalized spacial score (nSPS) is 15.3. The molecule has 2 rings (SSSR count). The number of fused-ring (bicyclic) bond motifs is 1. The second-order valence-corrected chi connectivity index (χ2v) is 3.81. The third kappa shape index (κ3) is 2.06. The number of aliphatic hydroxyl groups is 1. The molecular formula is C11H10ClNO3. The number of halogens is 1. The minimum absolute atomic E-state index is 0.0238. The monoisotopic (exact) mass is 239 g/mol. The lowest BCUT2D eigenvalue weighted by molar-refractivity contribution is 0.166. The first-order valence-corrected chi connectivity index (χ1v) is 5.24. The van der Waals surface area contributed by atoms with Crippen LogP contribution in [0.25, 0.3) is 0 Å². The topological polar surface area (TPSA) is 62.5 Å². The Bertz CT molecular complexity index is 442. The highest BCUT2D eigenvalue weighted by molar-refractivity contribution is 6.32. The van der Waals surface area contributed by atoms with Gasteiger partial charge in [-0.3, -0.25) is 0 Å². The average Bonchev–Trinajstić information content (AvgIpc) is 2.29. The summed E-state index contributed by atoms with van der Waals surface area (Å²) in [7, 11) is 0. The zero-order valence-electron chi connectivity index (χ0n) is 8.44. The Hall–Kier alpha value is -1.44. The van der Waals surface area contributed by atoms with Crippen LogP contribution in [0, 0.1) is 11.3 Å². The van der Waals surface area contributed by atoms with Crippen molar-refractivity contribution < 1.29 is 14.6 Å². The van der Waals surface area contributed by atoms with Crippen molar-refractivity contribution in [1.82, 2.24) is 0 Å². The fourth-order valence-electron chi connectivity index (χ4n) is 1.53. The van der Waals surface area contributed by atoms with Gasteiger partial charge in [0.05, 0.1) is 23.6 Å². The van der Waals surface area contributed by atoms with Gasteiger partial charge >= 0.3 is 0 Å². The van der Waals surface area contributed by atoms with Crippen molar-refractivity contribution in [2.75, 3.05) is 13.2 Å².